The summed E-state index contributed by atoms with van der Waals surface area (Å²) in [6.45, 7) is 7.23. The topological polar surface area (TPSA) is 71.5 Å². The summed E-state index contributed by atoms with van der Waals surface area (Å²) in [5.41, 5.74) is 0.320. The molecule has 5 nitrogen and oxygen atoms in total. The molecule has 2 N–H and O–H groups in total. The fourth-order valence-electron chi connectivity index (χ4n) is 2.39. The molecule has 1 amide bonds. The molecule has 1 atom stereocenters. The van der Waals surface area contributed by atoms with Gasteiger partial charge in [-0.25, -0.2) is 9.78 Å². The SMILES string of the molecule is CC(C)(C)OC(=O)Nc1ccc2c(n1)CCCC2(C)O. The fraction of sp³-hybridized carbons (Fsp3) is 0.600. The van der Waals surface area contributed by atoms with E-state index in [4.69, 9.17) is 4.74 Å². The molecule has 1 unspecified atom stereocenters. The highest BCUT2D eigenvalue weighted by Crippen LogP contribution is 2.34. The maximum Gasteiger partial charge on any atom is 0.413 e. The average molecular weight is 278 g/mol. The average Bonchev–Trinajstić information content (AvgIpc) is 2.25. The molecular formula is C15H22N2O3. The first-order chi connectivity index (χ1) is 9.17. The monoisotopic (exact) mass is 278 g/mol. The Morgan fingerprint density at radius 3 is 2.80 bits per heavy atom. The summed E-state index contributed by atoms with van der Waals surface area (Å²) in [6, 6.07) is 3.52. The van der Waals surface area contributed by atoms with Gasteiger partial charge in [0.05, 0.1) is 5.60 Å². The molecule has 0 saturated carbocycles. The Labute approximate surface area is 119 Å². The van der Waals surface area contributed by atoms with Gasteiger partial charge < -0.3 is 9.84 Å². The van der Waals surface area contributed by atoms with Gasteiger partial charge >= 0.3 is 6.09 Å². The highest BCUT2D eigenvalue weighted by Gasteiger charge is 2.30. The lowest BCUT2D eigenvalue weighted by Crippen LogP contribution is -2.29. The molecule has 110 valence electrons. The van der Waals surface area contributed by atoms with Crippen molar-refractivity contribution in [2.75, 3.05) is 5.32 Å². The van der Waals surface area contributed by atoms with Crippen LogP contribution in [0.4, 0.5) is 10.6 Å². The molecule has 1 aromatic rings. The molecule has 5 heteroatoms. The number of pyridine rings is 1. The van der Waals surface area contributed by atoms with E-state index in [2.05, 4.69) is 10.3 Å². The lowest BCUT2D eigenvalue weighted by molar-refractivity contribution is 0.0379. The van der Waals surface area contributed by atoms with E-state index in [1.807, 2.05) is 26.8 Å². The van der Waals surface area contributed by atoms with Gasteiger partial charge in [-0.15, -0.1) is 0 Å². The lowest BCUT2D eigenvalue weighted by atomic mass is 9.83. The van der Waals surface area contributed by atoms with E-state index in [0.29, 0.717) is 5.82 Å². The predicted molar refractivity (Wildman–Crippen MR) is 76.6 cm³/mol. The summed E-state index contributed by atoms with van der Waals surface area (Å²) >= 11 is 0. The predicted octanol–water partition coefficient (Wildman–Crippen LogP) is 2.97. The van der Waals surface area contributed by atoms with Crippen LogP contribution in [0, 0.1) is 0 Å². The van der Waals surface area contributed by atoms with Crippen LogP contribution in [0.1, 0.15) is 51.8 Å². The number of aromatic nitrogens is 1. The summed E-state index contributed by atoms with van der Waals surface area (Å²) in [6.07, 6.45) is 1.92. The number of rotatable bonds is 1. The van der Waals surface area contributed by atoms with Crippen molar-refractivity contribution in [1.29, 1.82) is 0 Å². The van der Waals surface area contributed by atoms with Gasteiger partial charge in [-0.1, -0.05) is 6.07 Å². The van der Waals surface area contributed by atoms with Crippen LogP contribution < -0.4 is 5.32 Å². The number of anilines is 1. The van der Waals surface area contributed by atoms with Crippen LogP contribution in [0.25, 0.3) is 0 Å². The summed E-state index contributed by atoms with van der Waals surface area (Å²) in [5.74, 6) is 0.454. The highest BCUT2D eigenvalue weighted by molar-refractivity contribution is 5.83. The van der Waals surface area contributed by atoms with Gasteiger partial charge in [-0.3, -0.25) is 5.32 Å². The number of hydrogen-bond acceptors (Lipinski definition) is 4. The largest absolute Gasteiger partial charge is 0.444 e. The second-order valence-corrected chi connectivity index (χ2v) is 6.45. The number of amides is 1. The Morgan fingerprint density at radius 2 is 2.15 bits per heavy atom. The second kappa shape index (κ2) is 5.05. The molecule has 0 fully saturated rings. The fourth-order valence-corrected chi connectivity index (χ4v) is 2.39. The lowest BCUT2D eigenvalue weighted by Gasteiger charge is -2.30. The van der Waals surface area contributed by atoms with E-state index in [9.17, 15) is 9.90 Å². The summed E-state index contributed by atoms with van der Waals surface area (Å²) in [5, 5.41) is 12.9. The molecular weight excluding hydrogens is 256 g/mol. The van der Waals surface area contributed by atoms with Crippen LogP contribution in [-0.2, 0) is 16.8 Å². The Hall–Kier alpha value is -1.62. The molecule has 1 aromatic heterocycles. The quantitative estimate of drug-likeness (QED) is 0.828. The van der Waals surface area contributed by atoms with Crippen LogP contribution in [0.5, 0.6) is 0 Å². The van der Waals surface area contributed by atoms with Crippen molar-refractivity contribution in [1.82, 2.24) is 4.98 Å². The van der Waals surface area contributed by atoms with Crippen molar-refractivity contribution in [2.24, 2.45) is 0 Å². The third-order valence-corrected chi connectivity index (χ3v) is 3.26. The van der Waals surface area contributed by atoms with Gasteiger partial charge in [0, 0.05) is 11.3 Å². The van der Waals surface area contributed by atoms with E-state index in [0.717, 1.165) is 30.5 Å². The molecule has 1 aliphatic carbocycles. The zero-order valence-corrected chi connectivity index (χ0v) is 12.5. The van der Waals surface area contributed by atoms with Crippen molar-refractivity contribution < 1.29 is 14.6 Å². The molecule has 0 aromatic carbocycles. The third kappa shape index (κ3) is 3.48. The number of carbonyl (C=O) groups is 1. The minimum Gasteiger partial charge on any atom is -0.444 e. The Bertz CT molecular complexity index is 518. The minimum absolute atomic E-state index is 0.454. The molecule has 1 heterocycles. The maximum absolute atomic E-state index is 11.7. The van der Waals surface area contributed by atoms with Gasteiger partial charge in [-0.2, -0.15) is 0 Å². The van der Waals surface area contributed by atoms with Gasteiger partial charge in [-0.05, 0) is 53.0 Å². The van der Waals surface area contributed by atoms with E-state index in [1.165, 1.54) is 0 Å². The minimum atomic E-state index is -0.828. The molecule has 0 saturated heterocycles. The number of nitrogens with zero attached hydrogens (tertiary/aromatic N) is 1. The molecule has 0 radical (unpaired) electrons. The maximum atomic E-state index is 11.7. The number of ether oxygens (including phenoxy) is 1. The number of aryl methyl sites for hydroxylation is 1. The summed E-state index contributed by atoms with van der Waals surface area (Å²) in [7, 11) is 0. The molecule has 0 spiro atoms. The molecule has 0 bridgehead atoms. The highest BCUT2D eigenvalue weighted by atomic mass is 16.6. The number of fused-ring (bicyclic) bond motifs is 1. The van der Waals surface area contributed by atoms with Crippen LogP contribution >= 0.6 is 0 Å². The molecule has 2 rings (SSSR count). The number of carbonyl (C=O) groups excluding carboxylic acids is 1. The van der Waals surface area contributed by atoms with Gasteiger partial charge in [0.25, 0.3) is 0 Å². The van der Waals surface area contributed by atoms with Crippen molar-refractivity contribution in [3.05, 3.63) is 23.4 Å². The zero-order chi connectivity index (χ0) is 15.0. The molecule has 0 aliphatic heterocycles. The van der Waals surface area contributed by atoms with E-state index in [1.54, 1.807) is 13.0 Å². The first-order valence-corrected chi connectivity index (χ1v) is 6.90. The van der Waals surface area contributed by atoms with Crippen molar-refractivity contribution in [3.63, 3.8) is 0 Å². The van der Waals surface area contributed by atoms with Gasteiger partial charge in [0.15, 0.2) is 0 Å². The number of nitrogens with one attached hydrogen (secondary N) is 1. The van der Waals surface area contributed by atoms with E-state index < -0.39 is 17.3 Å². The van der Waals surface area contributed by atoms with Crippen LogP contribution in [0.3, 0.4) is 0 Å². The van der Waals surface area contributed by atoms with E-state index in [-0.39, 0.29) is 0 Å². The van der Waals surface area contributed by atoms with E-state index >= 15 is 0 Å². The smallest absolute Gasteiger partial charge is 0.413 e. The normalized spacial score (nSPS) is 22.1. The van der Waals surface area contributed by atoms with Crippen molar-refractivity contribution in [3.8, 4) is 0 Å². The Kier molecular flexibility index (Phi) is 3.73. The second-order valence-electron chi connectivity index (χ2n) is 6.45. The van der Waals surface area contributed by atoms with Crippen molar-refractivity contribution in [2.45, 2.75) is 58.2 Å². The van der Waals surface area contributed by atoms with Crippen LogP contribution in [0.15, 0.2) is 12.1 Å². The van der Waals surface area contributed by atoms with Gasteiger partial charge in [0.1, 0.15) is 11.4 Å². The van der Waals surface area contributed by atoms with Crippen molar-refractivity contribution >= 4 is 11.9 Å². The standard InChI is InChI=1S/C15H22N2O3/c1-14(2,3)20-13(18)17-12-8-7-10-11(16-12)6-5-9-15(10,4)19/h7-8,19H,5-6,9H2,1-4H3,(H,16,17,18). The molecule has 20 heavy (non-hydrogen) atoms. The first-order valence-electron chi connectivity index (χ1n) is 6.90. The zero-order valence-electron chi connectivity index (χ0n) is 12.5. The van der Waals surface area contributed by atoms with Crippen LogP contribution in [-0.4, -0.2) is 21.8 Å². The summed E-state index contributed by atoms with van der Waals surface area (Å²) < 4.78 is 5.19. The number of aliphatic hydroxyl groups is 1. The third-order valence-electron chi connectivity index (χ3n) is 3.26. The molecule has 1 aliphatic rings. The van der Waals surface area contributed by atoms with Crippen LogP contribution in [0.2, 0.25) is 0 Å². The van der Waals surface area contributed by atoms with Gasteiger partial charge in [0.2, 0.25) is 0 Å². The number of hydrogen-bond donors (Lipinski definition) is 2. The Morgan fingerprint density at radius 1 is 1.45 bits per heavy atom. The Balaban J connectivity index is 2.14. The summed E-state index contributed by atoms with van der Waals surface area (Å²) in [4.78, 5) is 16.1. The first kappa shape index (κ1) is 14.8.